The predicted octanol–water partition coefficient (Wildman–Crippen LogP) is 23.3. The van der Waals surface area contributed by atoms with Crippen molar-refractivity contribution in [2.24, 2.45) is 0 Å². The minimum atomic E-state index is -0.691. The summed E-state index contributed by atoms with van der Waals surface area (Å²) in [5.41, 5.74) is 24.3. The molecule has 0 saturated carbocycles. The highest BCUT2D eigenvalue weighted by Gasteiger charge is 2.46. The first-order valence-corrected chi connectivity index (χ1v) is 30.5. The first-order valence-electron chi connectivity index (χ1n) is 30.5. The van der Waals surface area contributed by atoms with Crippen molar-refractivity contribution in [1.82, 2.24) is 0 Å². The van der Waals surface area contributed by atoms with E-state index < -0.39 is 5.41 Å². The van der Waals surface area contributed by atoms with Gasteiger partial charge in [-0.2, -0.15) is 0 Å². The maximum atomic E-state index is 2.43. The molecule has 1 aliphatic carbocycles. The molecule has 0 atom stereocenters. The summed E-state index contributed by atoms with van der Waals surface area (Å²) < 4.78 is 0. The molecule has 15 rings (SSSR count). The van der Waals surface area contributed by atoms with Crippen molar-refractivity contribution in [3.63, 3.8) is 0 Å². The lowest BCUT2D eigenvalue weighted by Crippen LogP contribution is -2.29. The van der Waals surface area contributed by atoms with E-state index in [9.17, 15) is 0 Å². The van der Waals surface area contributed by atoms with Gasteiger partial charge in [0, 0.05) is 68.2 Å². The number of hydrogen-bond acceptors (Lipinski definition) is 4. The summed E-state index contributed by atoms with van der Waals surface area (Å²) in [6.07, 6.45) is 0. The molecule has 0 aromatic heterocycles. The van der Waals surface area contributed by atoms with Gasteiger partial charge in [-0.05, 0) is 201 Å². The summed E-state index contributed by atoms with van der Waals surface area (Å²) in [5, 5.41) is 0. The van der Waals surface area contributed by atoms with E-state index in [4.69, 9.17) is 0 Å². The minimum absolute atomic E-state index is 0.691. The number of benzene rings is 14. The van der Waals surface area contributed by atoms with E-state index in [-0.39, 0.29) is 0 Å². The summed E-state index contributed by atoms with van der Waals surface area (Å²) in [4.78, 5) is 9.39. The molecule has 422 valence electrons. The number of hydrogen-bond donors (Lipinski definition) is 0. The Kier molecular flexibility index (Phi) is 14.5. The lowest BCUT2D eigenvalue weighted by Gasteiger charge is -2.36. The normalized spacial score (nSPS) is 11.9. The average Bonchev–Trinajstić information content (AvgIpc) is 1.67. The van der Waals surface area contributed by atoms with Crippen LogP contribution in [-0.4, -0.2) is 0 Å². The molecule has 0 radical (unpaired) electrons. The van der Waals surface area contributed by atoms with Gasteiger partial charge in [0.2, 0.25) is 0 Å². The number of para-hydroxylation sites is 6. The maximum absolute atomic E-state index is 2.43. The Morgan fingerprint density at radius 3 is 0.618 bits per heavy atom. The van der Waals surface area contributed by atoms with Crippen LogP contribution in [0.15, 0.2) is 376 Å². The smallest absolute Gasteiger partial charge is 0.0715 e. The molecule has 4 nitrogen and oxygen atoms in total. The number of rotatable bonds is 16. The zero-order chi connectivity index (χ0) is 59.4. The van der Waals surface area contributed by atoms with Crippen LogP contribution in [0.2, 0.25) is 0 Å². The van der Waals surface area contributed by atoms with Gasteiger partial charge in [0.1, 0.15) is 0 Å². The van der Waals surface area contributed by atoms with E-state index in [0.29, 0.717) is 0 Å². The first kappa shape index (κ1) is 54.0. The van der Waals surface area contributed by atoms with Crippen molar-refractivity contribution in [3.05, 3.63) is 398 Å². The van der Waals surface area contributed by atoms with Gasteiger partial charge in [-0.25, -0.2) is 0 Å². The number of nitrogens with zero attached hydrogens (tertiary/aromatic N) is 4. The van der Waals surface area contributed by atoms with Gasteiger partial charge in [-0.1, -0.05) is 231 Å². The zero-order valence-electron chi connectivity index (χ0n) is 49.1. The fourth-order valence-electron chi connectivity index (χ4n) is 13.2. The van der Waals surface area contributed by atoms with Crippen LogP contribution in [0.25, 0.3) is 33.4 Å². The number of fused-ring (bicyclic) bond motifs is 3. The molecule has 0 spiro atoms. The molecule has 1 aliphatic rings. The van der Waals surface area contributed by atoms with Gasteiger partial charge in [0.25, 0.3) is 0 Å². The summed E-state index contributed by atoms with van der Waals surface area (Å²) >= 11 is 0. The Balaban J connectivity index is 0.797. The van der Waals surface area contributed by atoms with Crippen LogP contribution in [0.3, 0.4) is 0 Å². The molecule has 89 heavy (non-hydrogen) atoms. The van der Waals surface area contributed by atoms with Crippen LogP contribution in [0, 0.1) is 0 Å². The third kappa shape index (κ3) is 10.3. The Morgan fingerprint density at radius 1 is 0.157 bits per heavy atom. The van der Waals surface area contributed by atoms with Gasteiger partial charge in [0.15, 0.2) is 0 Å². The molecule has 0 aliphatic heterocycles. The molecular formula is C85H62N4. The summed E-state index contributed by atoms with van der Waals surface area (Å²) in [5.74, 6) is 0. The summed E-state index contributed by atoms with van der Waals surface area (Å²) in [7, 11) is 0. The molecule has 0 heterocycles. The van der Waals surface area contributed by atoms with Crippen LogP contribution in [0.1, 0.15) is 22.3 Å². The Hall–Kier alpha value is -11.7. The number of anilines is 12. The Bertz CT molecular complexity index is 4290. The van der Waals surface area contributed by atoms with Crippen LogP contribution in [-0.2, 0) is 5.41 Å². The van der Waals surface area contributed by atoms with Crippen molar-refractivity contribution in [2.45, 2.75) is 5.41 Å². The highest BCUT2D eigenvalue weighted by atomic mass is 15.2. The Labute approximate surface area is 522 Å². The molecule has 0 saturated heterocycles. The van der Waals surface area contributed by atoms with Gasteiger partial charge in [-0.15, -0.1) is 0 Å². The van der Waals surface area contributed by atoms with Gasteiger partial charge in [-0.3, -0.25) is 0 Å². The fourth-order valence-corrected chi connectivity index (χ4v) is 13.2. The summed E-state index contributed by atoms with van der Waals surface area (Å²) in [6.45, 7) is 0. The monoisotopic (exact) mass is 1140 g/mol. The molecule has 14 aromatic carbocycles. The molecular weight excluding hydrogens is 1080 g/mol. The second kappa shape index (κ2) is 24.0. The quantitative estimate of drug-likeness (QED) is 0.0956. The molecule has 0 fully saturated rings. The highest BCUT2D eigenvalue weighted by Crippen LogP contribution is 2.57. The lowest BCUT2D eigenvalue weighted by molar-refractivity contribution is 0.768. The van der Waals surface area contributed by atoms with E-state index >= 15 is 0 Å². The van der Waals surface area contributed by atoms with Crippen LogP contribution >= 0.6 is 0 Å². The maximum Gasteiger partial charge on any atom is 0.0715 e. The van der Waals surface area contributed by atoms with Crippen molar-refractivity contribution < 1.29 is 0 Å². The fraction of sp³-hybridized carbons (Fsp3) is 0.0118. The molecule has 4 heteroatoms. The third-order valence-corrected chi connectivity index (χ3v) is 17.3. The van der Waals surface area contributed by atoms with E-state index in [2.05, 4.69) is 396 Å². The van der Waals surface area contributed by atoms with E-state index in [0.717, 1.165) is 90.5 Å². The zero-order valence-corrected chi connectivity index (χ0v) is 49.1. The minimum Gasteiger partial charge on any atom is -0.311 e. The van der Waals surface area contributed by atoms with Crippen LogP contribution in [0.4, 0.5) is 68.2 Å². The second-order valence-corrected chi connectivity index (χ2v) is 22.5. The van der Waals surface area contributed by atoms with Gasteiger partial charge < -0.3 is 19.6 Å². The van der Waals surface area contributed by atoms with E-state index in [1.807, 2.05) is 0 Å². The van der Waals surface area contributed by atoms with Crippen molar-refractivity contribution >= 4 is 68.2 Å². The van der Waals surface area contributed by atoms with Crippen molar-refractivity contribution in [2.75, 3.05) is 19.6 Å². The topological polar surface area (TPSA) is 13.0 Å². The van der Waals surface area contributed by atoms with Gasteiger partial charge >= 0.3 is 0 Å². The van der Waals surface area contributed by atoms with Crippen molar-refractivity contribution in [1.29, 1.82) is 0 Å². The summed E-state index contributed by atoms with van der Waals surface area (Å²) in [6, 6.07) is 136. The molecule has 14 aromatic rings. The largest absolute Gasteiger partial charge is 0.311 e. The molecule has 0 amide bonds. The third-order valence-electron chi connectivity index (χ3n) is 17.3. The van der Waals surface area contributed by atoms with Gasteiger partial charge in [0.05, 0.1) is 5.41 Å². The van der Waals surface area contributed by atoms with E-state index in [1.54, 1.807) is 0 Å². The first-order chi connectivity index (χ1) is 44.2. The standard InChI is InChI=1S/C85H62N4/c1-7-27-69(28-8-1)86(70-29-9-2-10-30-70)75-53-45-63(46-54-75)65-49-57-77(58-50-65)88(73-35-15-5-16-36-73)79-39-23-25-67(61-79)85(83-43-21-19-41-81(83)82-42-20-22-44-84(82)85)68-26-24-40-80(62-68)89(74-37-17-6-18-38-74)78-59-51-66(52-60-78)64-47-55-76(56-48-64)87(71-31-11-3-12-32-71)72-33-13-4-14-34-72/h1-62H. The molecule has 0 unspecified atom stereocenters. The van der Waals surface area contributed by atoms with Crippen LogP contribution < -0.4 is 19.6 Å². The average molecular weight is 1140 g/mol. The van der Waals surface area contributed by atoms with Crippen molar-refractivity contribution in [3.8, 4) is 33.4 Å². The van der Waals surface area contributed by atoms with E-state index in [1.165, 1.54) is 33.4 Å². The highest BCUT2D eigenvalue weighted by molar-refractivity contribution is 5.89. The molecule has 0 N–H and O–H groups in total. The SMILES string of the molecule is c1ccc(N(c2ccccc2)c2ccc(-c3ccc(N(c4ccccc4)c4cccc(C5(c6cccc(N(c7ccccc7)c7ccc(-c8ccc(N(c9ccccc9)c9ccccc9)cc8)cc7)c6)c6ccccc6-c6ccccc65)c4)cc3)cc2)cc1. The second-order valence-electron chi connectivity index (χ2n) is 22.5. The van der Waals surface area contributed by atoms with Crippen LogP contribution in [0.5, 0.6) is 0 Å². The predicted molar refractivity (Wildman–Crippen MR) is 373 cm³/mol. The molecule has 0 bridgehead atoms. The lowest BCUT2D eigenvalue weighted by atomic mass is 9.67. The Morgan fingerprint density at radius 2 is 0.360 bits per heavy atom.